The standard InChI is InChI=1S/C13H18N2O2/c16-8-4-12-3-7-15(10-12)13(17)9-11-1-5-14-6-2-11/h1-2,5-6,12,16H,3-4,7-10H2. The molecular weight excluding hydrogens is 216 g/mol. The molecule has 2 rings (SSSR count). The Balaban J connectivity index is 1.85. The first-order valence-electron chi connectivity index (χ1n) is 6.07. The molecule has 1 amide bonds. The number of amides is 1. The van der Waals surface area contributed by atoms with Crippen molar-refractivity contribution in [2.45, 2.75) is 19.3 Å². The summed E-state index contributed by atoms with van der Waals surface area (Å²) in [7, 11) is 0. The SMILES string of the molecule is O=C(Cc1ccncc1)N1CCC(CCO)C1. The number of nitrogens with zero attached hydrogens (tertiary/aromatic N) is 2. The van der Waals surface area contributed by atoms with Gasteiger partial charge >= 0.3 is 0 Å². The molecular formula is C13H18N2O2. The van der Waals surface area contributed by atoms with Crippen LogP contribution in [0, 0.1) is 5.92 Å². The minimum Gasteiger partial charge on any atom is -0.396 e. The first-order chi connectivity index (χ1) is 8.29. The molecule has 1 N–H and O–H groups in total. The molecule has 1 fully saturated rings. The van der Waals surface area contributed by atoms with Gasteiger partial charge in [-0.15, -0.1) is 0 Å². The zero-order chi connectivity index (χ0) is 12.1. The smallest absolute Gasteiger partial charge is 0.227 e. The number of hydrogen-bond acceptors (Lipinski definition) is 3. The summed E-state index contributed by atoms with van der Waals surface area (Å²) in [5.41, 5.74) is 1.01. The Morgan fingerprint density at radius 1 is 1.47 bits per heavy atom. The number of rotatable bonds is 4. The Morgan fingerprint density at radius 2 is 2.24 bits per heavy atom. The van der Waals surface area contributed by atoms with Crippen LogP contribution in [-0.2, 0) is 11.2 Å². The van der Waals surface area contributed by atoms with Crippen LogP contribution >= 0.6 is 0 Å². The molecule has 0 radical (unpaired) electrons. The lowest BCUT2D eigenvalue weighted by Gasteiger charge is -2.16. The Kier molecular flexibility index (Phi) is 4.09. The van der Waals surface area contributed by atoms with E-state index in [1.165, 1.54) is 0 Å². The van der Waals surface area contributed by atoms with Crippen LogP contribution in [0.1, 0.15) is 18.4 Å². The summed E-state index contributed by atoms with van der Waals surface area (Å²) in [5, 5.41) is 8.88. The maximum Gasteiger partial charge on any atom is 0.227 e. The van der Waals surface area contributed by atoms with Crippen LogP contribution in [0.5, 0.6) is 0 Å². The quantitative estimate of drug-likeness (QED) is 0.840. The molecule has 0 aliphatic carbocycles. The van der Waals surface area contributed by atoms with Crippen LogP contribution in [0.3, 0.4) is 0 Å². The molecule has 1 atom stereocenters. The molecule has 1 saturated heterocycles. The average Bonchev–Trinajstić information content (AvgIpc) is 2.79. The fourth-order valence-electron chi connectivity index (χ4n) is 2.26. The van der Waals surface area contributed by atoms with Crippen LogP contribution < -0.4 is 0 Å². The summed E-state index contributed by atoms with van der Waals surface area (Å²) >= 11 is 0. The Hall–Kier alpha value is -1.42. The number of aliphatic hydroxyl groups excluding tert-OH is 1. The van der Waals surface area contributed by atoms with Gasteiger partial charge in [-0.1, -0.05) is 0 Å². The summed E-state index contributed by atoms with van der Waals surface area (Å²) in [6, 6.07) is 3.75. The van der Waals surface area contributed by atoms with E-state index >= 15 is 0 Å². The first-order valence-corrected chi connectivity index (χ1v) is 6.07. The van der Waals surface area contributed by atoms with Gasteiger partial charge in [0.15, 0.2) is 0 Å². The predicted octanol–water partition coefficient (Wildman–Crippen LogP) is 0.855. The van der Waals surface area contributed by atoms with Crippen molar-refractivity contribution in [3.8, 4) is 0 Å². The van der Waals surface area contributed by atoms with Crippen LogP contribution in [0.25, 0.3) is 0 Å². The highest BCUT2D eigenvalue weighted by atomic mass is 16.3. The fraction of sp³-hybridized carbons (Fsp3) is 0.538. The van der Waals surface area contributed by atoms with Gasteiger partial charge in [-0.3, -0.25) is 9.78 Å². The van der Waals surface area contributed by atoms with Crippen molar-refractivity contribution in [1.82, 2.24) is 9.88 Å². The molecule has 0 aromatic carbocycles. The second kappa shape index (κ2) is 5.77. The monoisotopic (exact) mass is 234 g/mol. The highest BCUT2D eigenvalue weighted by Gasteiger charge is 2.25. The Labute approximate surface area is 101 Å². The largest absolute Gasteiger partial charge is 0.396 e. The molecule has 1 aliphatic heterocycles. The van der Waals surface area contributed by atoms with Crippen LogP contribution in [0.15, 0.2) is 24.5 Å². The highest BCUT2D eigenvalue weighted by Crippen LogP contribution is 2.19. The number of aromatic nitrogens is 1. The van der Waals surface area contributed by atoms with E-state index in [0.717, 1.165) is 31.5 Å². The van der Waals surface area contributed by atoms with Gasteiger partial charge in [0.25, 0.3) is 0 Å². The number of hydrogen-bond donors (Lipinski definition) is 1. The van der Waals surface area contributed by atoms with E-state index in [4.69, 9.17) is 5.11 Å². The van der Waals surface area contributed by atoms with Crippen molar-refractivity contribution >= 4 is 5.91 Å². The van der Waals surface area contributed by atoms with Gasteiger partial charge in [0, 0.05) is 32.1 Å². The minimum absolute atomic E-state index is 0.177. The van der Waals surface area contributed by atoms with Crippen molar-refractivity contribution in [2.75, 3.05) is 19.7 Å². The van der Waals surface area contributed by atoms with E-state index in [1.807, 2.05) is 17.0 Å². The van der Waals surface area contributed by atoms with Gasteiger partial charge < -0.3 is 10.0 Å². The maximum atomic E-state index is 12.0. The second-order valence-corrected chi connectivity index (χ2v) is 4.54. The summed E-state index contributed by atoms with van der Waals surface area (Å²) in [4.78, 5) is 17.8. The van der Waals surface area contributed by atoms with Gasteiger partial charge in [0.2, 0.25) is 5.91 Å². The zero-order valence-corrected chi connectivity index (χ0v) is 9.88. The summed E-state index contributed by atoms with van der Waals surface area (Å²) < 4.78 is 0. The molecule has 2 heterocycles. The van der Waals surface area contributed by atoms with Gasteiger partial charge in [-0.2, -0.15) is 0 Å². The van der Waals surface area contributed by atoms with Gasteiger partial charge in [-0.05, 0) is 36.5 Å². The van der Waals surface area contributed by atoms with Crippen molar-refractivity contribution in [3.63, 3.8) is 0 Å². The third-order valence-corrected chi connectivity index (χ3v) is 3.28. The molecule has 4 nitrogen and oxygen atoms in total. The molecule has 0 bridgehead atoms. The minimum atomic E-state index is 0.177. The van der Waals surface area contributed by atoms with Crippen molar-refractivity contribution in [2.24, 2.45) is 5.92 Å². The topological polar surface area (TPSA) is 53.4 Å². The zero-order valence-electron chi connectivity index (χ0n) is 9.88. The van der Waals surface area contributed by atoms with Crippen molar-refractivity contribution < 1.29 is 9.90 Å². The lowest BCUT2D eigenvalue weighted by atomic mass is 10.1. The molecule has 1 aliphatic rings. The summed E-state index contributed by atoms with van der Waals surface area (Å²) in [5.74, 6) is 0.651. The lowest BCUT2D eigenvalue weighted by molar-refractivity contribution is -0.129. The van der Waals surface area contributed by atoms with Gasteiger partial charge in [0.05, 0.1) is 6.42 Å². The molecule has 0 spiro atoms. The van der Waals surface area contributed by atoms with E-state index in [1.54, 1.807) is 12.4 Å². The first kappa shape index (κ1) is 12.0. The van der Waals surface area contributed by atoms with E-state index in [2.05, 4.69) is 4.98 Å². The molecule has 92 valence electrons. The summed E-state index contributed by atoms with van der Waals surface area (Å²) in [6.45, 7) is 1.84. The van der Waals surface area contributed by atoms with E-state index in [9.17, 15) is 4.79 Å². The average molecular weight is 234 g/mol. The second-order valence-electron chi connectivity index (χ2n) is 4.54. The van der Waals surface area contributed by atoms with Crippen LogP contribution in [0.4, 0.5) is 0 Å². The van der Waals surface area contributed by atoms with Gasteiger partial charge in [0.1, 0.15) is 0 Å². The molecule has 1 unspecified atom stereocenters. The lowest BCUT2D eigenvalue weighted by Crippen LogP contribution is -2.30. The van der Waals surface area contributed by atoms with Crippen molar-refractivity contribution in [1.29, 1.82) is 0 Å². The van der Waals surface area contributed by atoms with E-state index in [-0.39, 0.29) is 12.5 Å². The maximum absolute atomic E-state index is 12.0. The third-order valence-electron chi connectivity index (χ3n) is 3.28. The van der Waals surface area contributed by atoms with Crippen LogP contribution in [-0.4, -0.2) is 40.6 Å². The molecule has 4 heteroatoms. The number of aliphatic hydroxyl groups is 1. The normalized spacial score (nSPS) is 19.6. The summed E-state index contributed by atoms with van der Waals surface area (Å²) in [6.07, 6.45) is 5.69. The molecule has 1 aromatic rings. The van der Waals surface area contributed by atoms with E-state index < -0.39 is 0 Å². The van der Waals surface area contributed by atoms with E-state index in [0.29, 0.717) is 12.3 Å². The molecule has 17 heavy (non-hydrogen) atoms. The highest BCUT2D eigenvalue weighted by molar-refractivity contribution is 5.79. The Bertz CT molecular complexity index is 367. The predicted molar refractivity (Wildman–Crippen MR) is 64.3 cm³/mol. The van der Waals surface area contributed by atoms with Crippen LogP contribution in [0.2, 0.25) is 0 Å². The molecule has 1 aromatic heterocycles. The van der Waals surface area contributed by atoms with Gasteiger partial charge in [-0.25, -0.2) is 0 Å². The molecule has 0 saturated carbocycles. The number of likely N-dealkylation sites (tertiary alicyclic amines) is 1. The van der Waals surface area contributed by atoms with Crippen molar-refractivity contribution in [3.05, 3.63) is 30.1 Å². The fourth-order valence-corrected chi connectivity index (χ4v) is 2.26. The number of carbonyl (C=O) groups is 1. The Morgan fingerprint density at radius 3 is 2.94 bits per heavy atom. The third kappa shape index (κ3) is 3.27. The number of pyridine rings is 1. The number of carbonyl (C=O) groups excluding carboxylic acids is 1.